The van der Waals surface area contributed by atoms with Crippen LogP contribution in [0.1, 0.15) is 51.8 Å². The number of hydrogen-bond acceptors (Lipinski definition) is 4. The maximum absolute atomic E-state index is 14.5. The minimum atomic E-state index is -1.17. The predicted octanol–water partition coefficient (Wildman–Crippen LogP) is 3.03. The molecule has 3 aromatic carbocycles. The Bertz CT molecular complexity index is 1790. The molecular formula is C34H36FN2NaO5. The molecule has 0 spiro atoms. The van der Waals surface area contributed by atoms with Crippen molar-refractivity contribution in [2.75, 3.05) is 0 Å². The summed E-state index contributed by atoms with van der Waals surface area (Å²) in [6.45, 7) is 4.39. The van der Waals surface area contributed by atoms with Crippen LogP contribution in [0.25, 0.3) is 32.9 Å². The minimum absolute atomic E-state index is 0. The molecule has 5 rings (SSSR count). The number of aliphatic hydroxyl groups is 2. The van der Waals surface area contributed by atoms with Gasteiger partial charge in [0.1, 0.15) is 11.3 Å². The molecule has 0 aliphatic rings. The fourth-order valence-corrected chi connectivity index (χ4v) is 5.95. The number of fused-ring (bicyclic) bond motifs is 3. The molecule has 0 fully saturated rings. The van der Waals surface area contributed by atoms with E-state index in [1.165, 1.54) is 12.1 Å². The van der Waals surface area contributed by atoms with E-state index >= 15 is 0 Å². The van der Waals surface area contributed by atoms with Crippen molar-refractivity contribution in [3.05, 3.63) is 106 Å². The van der Waals surface area contributed by atoms with Gasteiger partial charge in [-0.1, -0.05) is 60.7 Å². The Morgan fingerprint density at radius 3 is 2.23 bits per heavy atom. The molecular weight excluding hydrogens is 558 g/mol. The normalized spacial score (nSPS) is 12.9. The standard InChI is InChI=1S/C34H35FN2O5.Na.H/c1-21(2)37-29(17-16-25(38)18-26(39)19-30(40)41)31(23-12-14-24(35)15-13-23)32-27-10-6-7-11-28(27)36(34(42)33(32)37)20-22-8-4-3-5-9-22;;/h3-15,21,25-26,38-39H,16-20H2,1-2H3,(H,40,41);;/q;+1;-1/t25-,26-;;/m1../s1. The number of halogens is 1. The molecule has 0 bridgehead atoms. The van der Waals surface area contributed by atoms with Gasteiger partial charge in [0.05, 0.1) is 30.7 Å². The third-order valence-electron chi connectivity index (χ3n) is 7.72. The molecule has 0 saturated heterocycles. The van der Waals surface area contributed by atoms with E-state index in [0.29, 0.717) is 18.5 Å². The number of aromatic nitrogens is 2. The van der Waals surface area contributed by atoms with E-state index in [4.69, 9.17) is 5.11 Å². The number of benzene rings is 3. The molecule has 0 radical (unpaired) electrons. The Balaban J connectivity index is 0.00000264. The Labute approximate surface area is 273 Å². The molecule has 0 amide bonds. The van der Waals surface area contributed by atoms with E-state index in [0.717, 1.165) is 38.7 Å². The predicted molar refractivity (Wildman–Crippen MR) is 163 cm³/mol. The number of pyridine rings is 1. The maximum Gasteiger partial charge on any atom is 1.00 e. The number of nitrogens with zero attached hydrogens (tertiary/aromatic N) is 2. The summed E-state index contributed by atoms with van der Waals surface area (Å²) in [6.07, 6.45) is -2.05. The van der Waals surface area contributed by atoms with Crippen molar-refractivity contribution in [3.63, 3.8) is 0 Å². The zero-order valence-electron chi connectivity index (χ0n) is 25.7. The maximum atomic E-state index is 14.5. The van der Waals surface area contributed by atoms with Crippen molar-refractivity contribution in [1.29, 1.82) is 0 Å². The molecule has 0 aliphatic carbocycles. The molecule has 9 heteroatoms. The summed E-state index contributed by atoms with van der Waals surface area (Å²) in [4.78, 5) is 25.4. The van der Waals surface area contributed by atoms with Gasteiger partial charge in [-0.3, -0.25) is 9.59 Å². The second kappa shape index (κ2) is 14.0. The van der Waals surface area contributed by atoms with Crippen LogP contribution in [-0.2, 0) is 17.8 Å². The zero-order chi connectivity index (χ0) is 30.0. The number of carboxylic acids is 1. The van der Waals surface area contributed by atoms with Gasteiger partial charge in [-0.2, -0.15) is 0 Å². The van der Waals surface area contributed by atoms with Crippen molar-refractivity contribution < 1.29 is 55.5 Å². The smallest absolute Gasteiger partial charge is 1.00 e. The van der Waals surface area contributed by atoms with Crippen LogP contribution in [0, 0.1) is 5.82 Å². The summed E-state index contributed by atoms with van der Waals surface area (Å²) in [5.41, 5.74) is 4.54. The molecule has 220 valence electrons. The first-order valence-electron chi connectivity index (χ1n) is 14.2. The number of carbonyl (C=O) groups is 1. The van der Waals surface area contributed by atoms with Crippen molar-refractivity contribution in [1.82, 2.24) is 9.13 Å². The fraction of sp³-hybridized carbons (Fsp3) is 0.294. The number of rotatable bonds is 11. The van der Waals surface area contributed by atoms with Crippen LogP contribution in [0.5, 0.6) is 0 Å². The summed E-state index contributed by atoms with van der Waals surface area (Å²) < 4.78 is 17.8. The first kappa shape index (κ1) is 32.6. The molecule has 43 heavy (non-hydrogen) atoms. The van der Waals surface area contributed by atoms with Crippen LogP contribution in [0.3, 0.4) is 0 Å². The van der Waals surface area contributed by atoms with E-state index in [1.807, 2.05) is 73.0 Å². The van der Waals surface area contributed by atoms with Crippen molar-refractivity contribution in [2.24, 2.45) is 0 Å². The molecule has 0 saturated carbocycles. The van der Waals surface area contributed by atoms with Crippen LogP contribution in [0.15, 0.2) is 83.7 Å². The van der Waals surface area contributed by atoms with Crippen molar-refractivity contribution >= 4 is 27.8 Å². The molecule has 3 N–H and O–H groups in total. The molecule has 2 heterocycles. The Morgan fingerprint density at radius 2 is 1.58 bits per heavy atom. The Kier molecular flexibility index (Phi) is 10.6. The number of carboxylic acid groups (broad SMARTS) is 1. The quantitative estimate of drug-likeness (QED) is 0.204. The van der Waals surface area contributed by atoms with E-state index in [9.17, 15) is 24.2 Å². The number of para-hydroxylation sites is 1. The first-order valence-corrected chi connectivity index (χ1v) is 14.2. The summed E-state index contributed by atoms with van der Waals surface area (Å²) >= 11 is 0. The SMILES string of the molecule is CC(C)n1c(CC[C@@H](O)C[C@@H](O)CC(=O)O)c(-c2ccc(F)cc2)c2c3ccccc3n(Cc3ccccc3)c(=O)c21.[H-].[Na+]. The Hall–Kier alpha value is -3.27. The summed E-state index contributed by atoms with van der Waals surface area (Å²) in [5, 5.41) is 31.5. The third-order valence-corrected chi connectivity index (χ3v) is 7.72. The topological polar surface area (TPSA) is 105 Å². The van der Waals surface area contributed by atoms with Gasteiger partial charge in [-0.25, -0.2) is 4.39 Å². The second-order valence-corrected chi connectivity index (χ2v) is 11.1. The van der Waals surface area contributed by atoms with Gasteiger partial charge in [0.25, 0.3) is 5.56 Å². The fourth-order valence-electron chi connectivity index (χ4n) is 5.95. The first-order chi connectivity index (χ1) is 20.2. The molecule has 7 nitrogen and oxygen atoms in total. The summed E-state index contributed by atoms with van der Waals surface area (Å²) in [7, 11) is 0. The summed E-state index contributed by atoms with van der Waals surface area (Å²) in [5.74, 6) is -1.50. The van der Waals surface area contributed by atoms with Gasteiger partial charge < -0.3 is 25.9 Å². The number of hydrogen-bond donors (Lipinski definition) is 3. The van der Waals surface area contributed by atoms with Crippen molar-refractivity contribution in [3.8, 4) is 11.1 Å². The van der Waals surface area contributed by atoms with Crippen LogP contribution in [-0.4, -0.2) is 42.6 Å². The van der Waals surface area contributed by atoms with E-state index in [-0.39, 0.29) is 61.2 Å². The monoisotopic (exact) mass is 594 g/mol. The van der Waals surface area contributed by atoms with E-state index in [1.54, 1.807) is 16.7 Å². The van der Waals surface area contributed by atoms with Crippen LogP contribution in [0.4, 0.5) is 4.39 Å². The van der Waals surface area contributed by atoms with Gasteiger partial charge >= 0.3 is 35.5 Å². The average molecular weight is 595 g/mol. The van der Waals surface area contributed by atoms with Gasteiger partial charge in [0.2, 0.25) is 0 Å². The van der Waals surface area contributed by atoms with E-state index in [2.05, 4.69) is 0 Å². The Morgan fingerprint density at radius 1 is 0.930 bits per heavy atom. The second-order valence-electron chi connectivity index (χ2n) is 11.1. The molecule has 0 unspecified atom stereocenters. The van der Waals surface area contributed by atoms with Gasteiger partial charge in [0, 0.05) is 28.1 Å². The average Bonchev–Trinajstić information content (AvgIpc) is 3.30. The van der Waals surface area contributed by atoms with E-state index < -0.39 is 24.6 Å². The largest absolute Gasteiger partial charge is 1.00 e. The molecule has 5 aromatic rings. The van der Waals surface area contributed by atoms with Crippen molar-refractivity contribution in [2.45, 2.75) is 64.3 Å². The van der Waals surface area contributed by atoms with Crippen LogP contribution < -0.4 is 35.1 Å². The molecule has 2 aromatic heterocycles. The number of aliphatic carboxylic acids is 1. The van der Waals surface area contributed by atoms with Crippen LogP contribution in [0.2, 0.25) is 0 Å². The number of aliphatic hydroxyl groups excluding tert-OH is 2. The third kappa shape index (κ3) is 6.95. The van der Waals surface area contributed by atoms with Gasteiger partial charge in [-0.05, 0) is 62.4 Å². The molecule has 2 atom stereocenters. The zero-order valence-corrected chi connectivity index (χ0v) is 26.7. The van der Waals surface area contributed by atoms with Gasteiger partial charge in [-0.15, -0.1) is 0 Å². The summed E-state index contributed by atoms with van der Waals surface area (Å²) in [6, 6.07) is 23.7. The molecule has 0 aliphatic heterocycles. The minimum Gasteiger partial charge on any atom is -1.00 e. The van der Waals surface area contributed by atoms with Crippen LogP contribution >= 0.6 is 0 Å². The van der Waals surface area contributed by atoms with Gasteiger partial charge in [0.15, 0.2) is 0 Å².